The van der Waals surface area contributed by atoms with Crippen molar-refractivity contribution in [2.75, 3.05) is 5.73 Å². The third-order valence-electron chi connectivity index (χ3n) is 2.97. The van der Waals surface area contributed by atoms with Gasteiger partial charge in [0.15, 0.2) is 0 Å². The van der Waals surface area contributed by atoms with E-state index < -0.39 is 16.1 Å². The molecule has 0 fully saturated rings. The number of hydrogen-bond acceptors (Lipinski definition) is 3. The molecular weight excluding hydrogens is 376 g/mol. The second-order valence-electron chi connectivity index (χ2n) is 4.55. The average Bonchev–Trinajstić information content (AvgIpc) is 2.41. The lowest BCUT2D eigenvalue weighted by Crippen LogP contribution is -2.27. The molecule has 0 radical (unpaired) electrons. The Balaban J connectivity index is 2.34. The van der Waals surface area contributed by atoms with Gasteiger partial charge in [-0.2, -0.15) is 0 Å². The molecule has 7 heteroatoms. The Labute approximate surface area is 137 Å². The minimum atomic E-state index is -3.74. The highest BCUT2D eigenvalue weighted by Gasteiger charge is 2.22. The first-order valence-electron chi connectivity index (χ1n) is 6.13. The molecule has 0 heterocycles. The number of halogens is 2. The summed E-state index contributed by atoms with van der Waals surface area (Å²) in [7, 11) is -3.74. The van der Waals surface area contributed by atoms with Gasteiger partial charge in [0.25, 0.3) is 0 Å². The SMILES string of the molecule is CC(NS(=O)(=O)c1cc(Br)ccc1N)c1ccccc1Cl. The number of anilines is 1. The summed E-state index contributed by atoms with van der Waals surface area (Å²) in [5.41, 5.74) is 6.65. The number of nitrogens with two attached hydrogens (primary N) is 1. The number of nitrogen functional groups attached to an aromatic ring is 1. The molecule has 2 rings (SSSR count). The first kappa shape index (κ1) is 16.3. The minimum Gasteiger partial charge on any atom is -0.398 e. The van der Waals surface area contributed by atoms with E-state index in [1.165, 1.54) is 6.07 Å². The molecule has 0 bridgehead atoms. The number of benzene rings is 2. The Bertz CT molecular complexity index is 765. The molecule has 0 aliphatic rings. The van der Waals surface area contributed by atoms with E-state index in [9.17, 15) is 8.42 Å². The zero-order chi connectivity index (χ0) is 15.6. The maximum absolute atomic E-state index is 12.4. The smallest absolute Gasteiger partial charge is 0.243 e. The van der Waals surface area contributed by atoms with E-state index >= 15 is 0 Å². The highest BCUT2D eigenvalue weighted by molar-refractivity contribution is 9.10. The van der Waals surface area contributed by atoms with Gasteiger partial charge < -0.3 is 5.73 Å². The van der Waals surface area contributed by atoms with Gasteiger partial charge in [0, 0.05) is 15.5 Å². The van der Waals surface area contributed by atoms with Gasteiger partial charge in [-0.05, 0) is 36.8 Å². The Morgan fingerprint density at radius 1 is 1.24 bits per heavy atom. The van der Waals surface area contributed by atoms with Gasteiger partial charge in [0.05, 0.1) is 5.69 Å². The highest BCUT2D eigenvalue weighted by atomic mass is 79.9. The Kier molecular flexibility index (Phi) is 4.93. The quantitative estimate of drug-likeness (QED) is 0.783. The highest BCUT2D eigenvalue weighted by Crippen LogP contribution is 2.27. The summed E-state index contributed by atoms with van der Waals surface area (Å²) >= 11 is 9.33. The van der Waals surface area contributed by atoms with E-state index in [2.05, 4.69) is 20.7 Å². The molecule has 2 aromatic rings. The molecular formula is C14H14BrClN2O2S. The zero-order valence-corrected chi connectivity index (χ0v) is 14.3. The van der Waals surface area contributed by atoms with Crippen LogP contribution >= 0.6 is 27.5 Å². The molecule has 0 amide bonds. The zero-order valence-electron chi connectivity index (χ0n) is 11.2. The third kappa shape index (κ3) is 3.77. The van der Waals surface area contributed by atoms with E-state index in [0.717, 1.165) is 0 Å². The van der Waals surface area contributed by atoms with E-state index in [0.29, 0.717) is 15.1 Å². The van der Waals surface area contributed by atoms with Crippen molar-refractivity contribution in [2.45, 2.75) is 17.9 Å². The molecule has 0 saturated carbocycles. The van der Waals surface area contributed by atoms with Gasteiger partial charge in [0.1, 0.15) is 4.90 Å². The predicted molar refractivity (Wildman–Crippen MR) is 88.7 cm³/mol. The van der Waals surface area contributed by atoms with Crippen LogP contribution in [0.4, 0.5) is 5.69 Å². The van der Waals surface area contributed by atoms with Crippen LogP contribution in [0.5, 0.6) is 0 Å². The van der Waals surface area contributed by atoms with E-state index in [1.807, 2.05) is 0 Å². The van der Waals surface area contributed by atoms with E-state index in [4.69, 9.17) is 17.3 Å². The van der Waals surface area contributed by atoms with E-state index in [-0.39, 0.29) is 10.6 Å². The van der Waals surface area contributed by atoms with Crippen LogP contribution in [0.15, 0.2) is 51.8 Å². The van der Waals surface area contributed by atoms with Crippen LogP contribution in [0.3, 0.4) is 0 Å². The number of sulfonamides is 1. The van der Waals surface area contributed by atoms with Crippen molar-refractivity contribution < 1.29 is 8.42 Å². The second kappa shape index (κ2) is 6.36. The molecule has 1 atom stereocenters. The van der Waals surface area contributed by atoms with Crippen molar-refractivity contribution in [3.05, 3.63) is 57.5 Å². The lowest BCUT2D eigenvalue weighted by Gasteiger charge is -2.17. The summed E-state index contributed by atoms with van der Waals surface area (Å²) < 4.78 is 28.1. The largest absolute Gasteiger partial charge is 0.398 e. The molecule has 0 spiro atoms. The van der Waals surface area contributed by atoms with Crippen molar-refractivity contribution in [3.8, 4) is 0 Å². The third-order valence-corrected chi connectivity index (χ3v) is 5.40. The minimum absolute atomic E-state index is 0.0378. The summed E-state index contributed by atoms with van der Waals surface area (Å²) in [5, 5.41) is 0.509. The summed E-state index contributed by atoms with van der Waals surface area (Å²) in [4.78, 5) is 0.0378. The van der Waals surface area contributed by atoms with Crippen molar-refractivity contribution in [1.82, 2.24) is 4.72 Å². The predicted octanol–water partition coefficient (Wildman–Crippen LogP) is 3.72. The second-order valence-corrected chi connectivity index (χ2v) is 7.55. The standard InChI is InChI=1S/C14H14BrClN2O2S/c1-9(11-4-2-3-5-12(11)16)18-21(19,20)14-8-10(15)6-7-13(14)17/h2-9,18H,17H2,1H3. The number of nitrogens with one attached hydrogen (secondary N) is 1. The average molecular weight is 390 g/mol. The van der Waals surface area contributed by atoms with Crippen LogP contribution in [0, 0.1) is 0 Å². The van der Waals surface area contributed by atoms with Gasteiger partial charge in [-0.3, -0.25) is 0 Å². The lowest BCUT2D eigenvalue weighted by atomic mass is 10.1. The lowest BCUT2D eigenvalue weighted by molar-refractivity contribution is 0.567. The van der Waals surface area contributed by atoms with Crippen molar-refractivity contribution in [1.29, 1.82) is 0 Å². The fourth-order valence-electron chi connectivity index (χ4n) is 1.93. The van der Waals surface area contributed by atoms with Gasteiger partial charge in [-0.25, -0.2) is 13.1 Å². The molecule has 0 aromatic heterocycles. The molecule has 4 nitrogen and oxygen atoms in total. The summed E-state index contributed by atoms with van der Waals surface area (Å²) in [6.07, 6.45) is 0. The fourth-order valence-corrected chi connectivity index (χ4v) is 4.12. The monoisotopic (exact) mass is 388 g/mol. The molecule has 112 valence electrons. The van der Waals surface area contributed by atoms with Gasteiger partial charge in [-0.1, -0.05) is 45.7 Å². The summed E-state index contributed by atoms with van der Waals surface area (Å²) in [5.74, 6) is 0. The summed E-state index contributed by atoms with van der Waals surface area (Å²) in [6.45, 7) is 1.73. The maximum atomic E-state index is 12.4. The topological polar surface area (TPSA) is 72.2 Å². The Hall–Kier alpha value is -1.08. The molecule has 3 N–H and O–H groups in total. The molecule has 2 aromatic carbocycles. The van der Waals surface area contributed by atoms with Crippen LogP contribution in [0.25, 0.3) is 0 Å². The van der Waals surface area contributed by atoms with Crippen LogP contribution in [0.2, 0.25) is 5.02 Å². The van der Waals surface area contributed by atoms with E-state index in [1.54, 1.807) is 43.3 Å². The van der Waals surface area contributed by atoms with Crippen molar-refractivity contribution in [2.24, 2.45) is 0 Å². The number of rotatable bonds is 4. The normalized spacial score (nSPS) is 13.1. The van der Waals surface area contributed by atoms with Crippen LogP contribution in [-0.4, -0.2) is 8.42 Å². The summed E-state index contributed by atoms with van der Waals surface area (Å²) in [6, 6.07) is 11.3. The molecule has 21 heavy (non-hydrogen) atoms. The molecule has 0 saturated heterocycles. The van der Waals surface area contributed by atoms with Gasteiger partial charge in [-0.15, -0.1) is 0 Å². The van der Waals surface area contributed by atoms with Crippen molar-refractivity contribution in [3.63, 3.8) is 0 Å². The molecule has 1 unspecified atom stereocenters. The van der Waals surface area contributed by atoms with Crippen LogP contribution in [0.1, 0.15) is 18.5 Å². The first-order valence-corrected chi connectivity index (χ1v) is 8.78. The number of hydrogen-bond donors (Lipinski definition) is 2. The van der Waals surface area contributed by atoms with Gasteiger partial charge in [0.2, 0.25) is 10.0 Å². The van der Waals surface area contributed by atoms with Gasteiger partial charge >= 0.3 is 0 Å². The maximum Gasteiger partial charge on any atom is 0.243 e. The van der Waals surface area contributed by atoms with Crippen molar-refractivity contribution >= 4 is 43.2 Å². The molecule has 0 aliphatic carbocycles. The van der Waals surface area contributed by atoms with Crippen LogP contribution in [-0.2, 0) is 10.0 Å². The Morgan fingerprint density at radius 3 is 2.57 bits per heavy atom. The Morgan fingerprint density at radius 2 is 1.90 bits per heavy atom. The fraction of sp³-hybridized carbons (Fsp3) is 0.143. The first-order chi connectivity index (χ1) is 9.81. The van der Waals surface area contributed by atoms with Crippen LogP contribution < -0.4 is 10.5 Å². The molecule has 0 aliphatic heterocycles.